The highest BCUT2D eigenvalue weighted by molar-refractivity contribution is 5.89. The number of aliphatic hydroxyl groups is 2. The van der Waals surface area contributed by atoms with Crippen LogP contribution in [0, 0.1) is 0 Å². The SMILES string of the molecule is CC[C@@]1(O)C(=O)OCC2=C1C=C1C3Nc4cc5c(cc4C(CN)=C3CN1C2O)OCO5. The Hall–Kier alpha value is -3.01. The third kappa shape index (κ3) is 2.33. The molecule has 0 bridgehead atoms. The first kappa shape index (κ1) is 18.7. The first-order chi connectivity index (χ1) is 15.0. The Morgan fingerprint density at radius 3 is 2.77 bits per heavy atom. The average molecular weight is 425 g/mol. The summed E-state index contributed by atoms with van der Waals surface area (Å²) in [5.74, 6) is 0.664. The lowest BCUT2D eigenvalue weighted by Crippen LogP contribution is -2.51. The van der Waals surface area contributed by atoms with Crippen LogP contribution in [0.25, 0.3) is 5.57 Å². The molecule has 31 heavy (non-hydrogen) atoms. The summed E-state index contributed by atoms with van der Waals surface area (Å²) in [6.45, 7) is 2.66. The number of anilines is 1. The van der Waals surface area contributed by atoms with Gasteiger partial charge in [0.1, 0.15) is 6.61 Å². The van der Waals surface area contributed by atoms with Crippen molar-refractivity contribution in [3.63, 3.8) is 0 Å². The van der Waals surface area contributed by atoms with Crippen LogP contribution < -0.4 is 20.5 Å². The van der Waals surface area contributed by atoms with Crippen LogP contribution in [0.3, 0.4) is 0 Å². The highest BCUT2D eigenvalue weighted by atomic mass is 16.7. The molecular weight excluding hydrogens is 402 g/mol. The smallest absolute Gasteiger partial charge is 0.343 e. The second-order valence-corrected chi connectivity index (χ2v) is 8.34. The van der Waals surface area contributed by atoms with Crippen molar-refractivity contribution < 1.29 is 29.2 Å². The molecule has 9 nitrogen and oxygen atoms in total. The van der Waals surface area contributed by atoms with Gasteiger partial charge in [0.25, 0.3) is 0 Å². The summed E-state index contributed by atoms with van der Waals surface area (Å²) < 4.78 is 16.3. The van der Waals surface area contributed by atoms with E-state index in [1.165, 1.54) is 0 Å². The number of fused-ring (bicyclic) bond motifs is 5. The molecule has 0 amide bonds. The summed E-state index contributed by atoms with van der Waals surface area (Å²) in [6.07, 6.45) is 0.977. The molecular formula is C22H23N3O6. The highest BCUT2D eigenvalue weighted by Gasteiger charge is 2.51. The zero-order valence-electron chi connectivity index (χ0n) is 17.0. The van der Waals surface area contributed by atoms with Crippen molar-refractivity contribution in [1.29, 1.82) is 0 Å². The number of ether oxygens (including phenoxy) is 3. The molecule has 1 aromatic rings. The van der Waals surface area contributed by atoms with Crippen molar-refractivity contribution in [2.45, 2.75) is 31.2 Å². The van der Waals surface area contributed by atoms with E-state index >= 15 is 0 Å². The first-order valence-corrected chi connectivity index (χ1v) is 10.4. The predicted octanol–water partition coefficient (Wildman–Crippen LogP) is 0.448. The average Bonchev–Trinajstić information content (AvgIpc) is 3.38. The van der Waals surface area contributed by atoms with Gasteiger partial charge in [0.2, 0.25) is 6.79 Å². The lowest BCUT2D eigenvalue weighted by atomic mass is 9.82. The van der Waals surface area contributed by atoms with Gasteiger partial charge in [-0.05, 0) is 29.7 Å². The number of carbonyl (C=O) groups excluding carboxylic acids is 1. The van der Waals surface area contributed by atoms with Gasteiger partial charge in [-0.25, -0.2) is 4.79 Å². The number of rotatable bonds is 2. The summed E-state index contributed by atoms with van der Waals surface area (Å²) in [6, 6.07) is 3.59. The van der Waals surface area contributed by atoms with E-state index in [2.05, 4.69) is 5.32 Å². The molecule has 0 saturated carbocycles. The summed E-state index contributed by atoms with van der Waals surface area (Å²) >= 11 is 0. The third-order valence-corrected chi connectivity index (χ3v) is 6.94. The Kier molecular flexibility index (Phi) is 3.78. The van der Waals surface area contributed by atoms with Gasteiger partial charge in [-0.3, -0.25) is 0 Å². The van der Waals surface area contributed by atoms with Crippen LogP contribution in [0.1, 0.15) is 18.9 Å². The number of aliphatic hydroxyl groups excluding tert-OH is 1. The topological polar surface area (TPSA) is 127 Å². The summed E-state index contributed by atoms with van der Waals surface area (Å²) in [5.41, 5.74) is 9.98. The Morgan fingerprint density at radius 1 is 1.26 bits per heavy atom. The zero-order valence-corrected chi connectivity index (χ0v) is 17.0. The van der Waals surface area contributed by atoms with Gasteiger partial charge in [-0.15, -0.1) is 0 Å². The van der Waals surface area contributed by atoms with E-state index in [9.17, 15) is 15.0 Å². The van der Waals surface area contributed by atoms with Gasteiger partial charge in [0.15, 0.2) is 23.3 Å². The fourth-order valence-corrected chi connectivity index (χ4v) is 5.23. The molecule has 0 radical (unpaired) electrons. The van der Waals surface area contributed by atoms with Crippen LogP contribution in [0.15, 0.2) is 40.6 Å². The molecule has 6 rings (SSSR count). The first-order valence-electron chi connectivity index (χ1n) is 10.4. The number of hydrogen-bond donors (Lipinski definition) is 4. The summed E-state index contributed by atoms with van der Waals surface area (Å²) in [4.78, 5) is 14.2. The minimum absolute atomic E-state index is 0.0412. The number of esters is 1. The maximum absolute atomic E-state index is 12.4. The van der Waals surface area contributed by atoms with E-state index in [1.54, 1.807) is 6.92 Å². The molecule has 5 heterocycles. The second kappa shape index (κ2) is 6.25. The number of nitrogens with two attached hydrogens (primary N) is 1. The van der Waals surface area contributed by atoms with Gasteiger partial charge >= 0.3 is 5.97 Å². The van der Waals surface area contributed by atoms with Crippen molar-refractivity contribution in [3.05, 3.63) is 46.2 Å². The molecule has 5 aliphatic rings. The maximum Gasteiger partial charge on any atom is 0.343 e. The lowest BCUT2D eigenvalue weighted by molar-refractivity contribution is -0.164. The fourth-order valence-electron chi connectivity index (χ4n) is 5.23. The Bertz CT molecular complexity index is 1120. The minimum Gasteiger partial charge on any atom is -0.459 e. The second-order valence-electron chi connectivity index (χ2n) is 8.34. The Morgan fingerprint density at radius 2 is 2.03 bits per heavy atom. The largest absolute Gasteiger partial charge is 0.459 e. The summed E-state index contributed by atoms with van der Waals surface area (Å²) in [5, 5.41) is 25.7. The normalized spacial score (nSPS) is 30.3. The van der Waals surface area contributed by atoms with Crippen LogP contribution in [0.5, 0.6) is 11.5 Å². The van der Waals surface area contributed by atoms with Crippen molar-refractivity contribution >= 4 is 17.2 Å². The fraction of sp³-hybridized carbons (Fsp3) is 0.409. The van der Waals surface area contributed by atoms with Crippen LogP contribution >= 0.6 is 0 Å². The molecule has 1 fully saturated rings. The van der Waals surface area contributed by atoms with Crippen molar-refractivity contribution in [2.75, 3.05) is 31.8 Å². The van der Waals surface area contributed by atoms with Gasteiger partial charge in [0, 0.05) is 47.2 Å². The molecule has 0 spiro atoms. The van der Waals surface area contributed by atoms with E-state index in [0.717, 1.165) is 28.1 Å². The molecule has 5 N–H and O–H groups in total. The molecule has 0 aromatic heterocycles. The number of carbonyl (C=O) groups is 1. The number of hydrogen-bond acceptors (Lipinski definition) is 9. The molecule has 3 atom stereocenters. The van der Waals surface area contributed by atoms with E-state index in [4.69, 9.17) is 19.9 Å². The number of nitrogens with zero attached hydrogens (tertiary/aromatic N) is 1. The Balaban J connectivity index is 1.49. The molecule has 1 saturated heterocycles. The van der Waals surface area contributed by atoms with Crippen LogP contribution in [0.4, 0.5) is 5.69 Å². The van der Waals surface area contributed by atoms with Crippen molar-refractivity contribution in [2.24, 2.45) is 5.73 Å². The van der Waals surface area contributed by atoms with Crippen molar-refractivity contribution in [3.8, 4) is 11.5 Å². The molecule has 5 aliphatic heterocycles. The van der Waals surface area contributed by atoms with Gasteiger partial charge < -0.3 is 40.4 Å². The predicted molar refractivity (Wildman–Crippen MR) is 110 cm³/mol. The van der Waals surface area contributed by atoms with E-state index < -0.39 is 17.8 Å². The highest BCUT2D eigenvalue weighted by Crippen LogP contribution is 2.49. The zero-order chi connectivity index (χ0) is 21.5. The monoisotopic (exact) mass is 425 g/mol. The van der Waals surface area contributed by atoms with Crippen LogP contribution in [0.2, 0.25) is 0 Å². The van der Waals surface area contributed by atoms with Crippen molar-refractivity contribution in [1.82, 2.24) is 4.90 Å². The molecule has 162 valence electrons. The maximum atomic E-state index is 12.4. The third-order valence-electron chi connectivity index (χ3n) is 6.94. The number of cyclic esters (lactones) is 1. The molecule has 0 aliphatic carbocycles. The van der Waals surface area contributed by atoms with Crippen LogP contribution in [-0.4, -0.2) is 65.4 Å². The number of nitrogens with one attached hydrogen (secondary N) is 1. The molecule has 9 heteroatoms. The molecule has 2 unspecified atom stereocenters. The van der Waals surface area contributed by atoms with E-state index in [-0.39, 0.29) is 25.9 Å². The van der Waals surface area contributed by atoms with Gasteiger partial charge in [0.05, 0.1) is 6.04 Å². The Labute approximate surface area is 178 Å². The van der Waals surface area contributed by atoms with E-state index in [1.807, 2.05) is 23.1 Å². The quantitative estimate of drug-likeness (QED) is 0.500. The molecule has 1 aromatic carbocycles. The minimum atomic E-state index is -1.77. The standard InChI is InChI=1S/C22H23N3O6/c1-2-22(28)14-4-16-19-12(7-25(16)20(26)13(14)8-29-21(22)27)11(6-23)10-3-17-18(31-9-30-17)5-15(10)24-19/h3-5,19-20,24,26,28H,2,6-9,23H2,1H3/t19?,20?,22-/m0/s1. The van der Waals surface area contributed by atoms with Gasteiger partial charge in [-0.1, -0.05) is 6.92 Å². The number of benzene rings is 1. The van der Waals surface area contributed by atoms with Crippen LogP contribution in [-0.2, 0) is 9.53 Å². The summed E-state index contributed by atoms with van der Waals surface area (Å²) in [7, 11) is 0. The lowest BCUT2D eigenvalue weighted by Gasteiger charge is -2.41. The van der Waals surface area contributed by atoms with Gasteiger partial charge in [-0.2, -0.15) is 0 Å². The van der Waals surface area contributed by atoms with E-state index in [0.29, 0.717) is 35.7 Å².